The first-order valence-corrected chi connectivity index (χ1v) is 29.4. The third-order valence-corrected chi connectivity index (χ3v) is 13.3. The van der Waals surface area contributed by atoms with Gasteiger partial charge in [-0.2, -0.15) is 0 Å². The summed E-state index contributed by atoms with van der Waals surface area (Å²) in [7, 11) is 1.18. The van der Waals surface area contributed by atoms with Gasteiger partial charge in [-0.25, -0.2) is 0 Å². The van der Waals surface area contributed by atoms with E-state index in [9.17, 15) is 19.0 Å². The summed E-state index contributed by atoms with van der Waals surface area (Å²) in [4.78, 5) is 39.8. The normalized spacial score (nSPS) is 14.2. The minimum absolute atomic E-state index is 0.0236. The number of allylic oxidation sites excluding steroid dienone is 7. The summed E-state index contributed by atoms with van der Waals surface area (Å²) in [5, 5.41) is 3.02. The van der Waals surface area contributed by atoms with Gasteiger partial charge >= 0.3 is 5.97 Å². The van der Waals surface area contributed by atoms with Gasteiger partial charge in [0.2, 0.25) is 5.91 Å². The monoisotopic (exact) mass is 963 g/mol. The summed E-state index contributed by atoms with van der Waals surface area (Å²) in [5.74, 6) is -0.550. The van der Waals surface area contributed by atoms with Crippen molar-refractivity contribution in [3.8, 4) is 0 Å². The van der Waals surface area contributed by atoms with Crippen molar-refractivity contribution in [2.24, 2.45) is 0 Å². The zero-order valence-electron chi connectivity index (χ0n) is 44.6. The molecule has 0 aliphatic carbocycles. The second-order valence-electron chi connectivity index (χ2n) is 20.1. The second kappa shape index (κ2) is 47.6. The van der Waals surface area contributed by atoms with Gasteiger partial charge < -0.3 is 28.5 Å². The Kier molecular flexibility index (Phi) is 46.2. The Hall–Kier alpha value is -2.03. The number of amides is 1. The Balaban J connectivity index is 5.40. The second-order valence-corrected chi connectivity index (χ2v) is 21.5. The van der Waals surface area contributed by atoms with Crippen LogP contribution < -0.4 is 10.2 Å². The number of hydrogen-bond donors (Lipinski definition) is 1. The number of rotatable bonds is 50. The van der Waals surface area contributed by atoms with Crippen molar-refractivity contribution in [3.63, 3.8) is 0 Å². The maximum absolute atomic E-state index is 13.4. The third kappa shape index (κ3) is 48.8. The predicted octanol–water partition coefficient (Wildman–Crippen LogP) is 15.9. The van der Waals surface area contributed by atoms with Crippen LogP contribution in [0.15, 0.2) is 48.6 Å². The summed E-state index contributed by atoms with van der Waals surface area (Å²) in [6, 6.07) is -0.889. The van der Waals surface area contributed by atoms with Crippen LogP contribution in [0.2, 0.25) is 0 Å². The van der Waals surface area contributed by atoms with Crippen molar-refractivity contribution in [2.75, 3.05) is 40.9 Å². The number of unbranched alkanes of at least 4 members (excludes halogenated alkanes) is 30. The van der Waals surface area contributed by atoms with E-state index in [2.05, 4.69) is 62.5 Å². The quantitative estimate of drug-likeness (QED) is 0.0161. The minimum Gasteiger partial charge on any atom is -0.756 e. The van der Waals surface area contributed by atoms with Gasteiger partial charge in [-0.1, -0.05) is 237 Å². The van der Waals surface area contributed by atoms with Crippen LogP contribution in [0, 0.1) is 0 Å². The molecule has 0 fully saturated rings. The van der Waals surface area contributed by atoms with E-state index in [1.165, 1.54) is 141 Å². The number of carbonyl (C=O) groups excluding carboxylic acids is 2. The number of phosphoric acid groups is 1. The average molecular weight is 963 g/mol. The first-order chi connectivity index (χ1) is 32.4. The number of nitrogens with one attached hydrogen (secondary N) is 1. The van der Waals surface area contributed by atoms with E-state index in [1.807, 2.05) is 33.3 Å². The molecule has 0 rings (SSSR count). The summed E-state index contributed by atoms with van der Waals surface area (Å²) < 4.78 is 30.2. The van der Waals surface area contributed by atoms with E-state index < -0.39 is 20.0 Å². The van der Waals surface area contributed by atoms with Gasteiger partial charge in [0, 0.05) is 12.8 Å². The summed E-state index contributed by atoms with van der Waals surface area (Å²) in [6.45, 7) is 6.71. The van der Waals surface area contributed by atoms with Gasteiger partial charge in [0.1, 0.15) is 19.3 Å². The molecule has 0 aromatic heterocycles. The van der Waals surface area contributed by atoms with Crippen molar-refractivity contribution >= 4 is 19.7 Å². The van der Waals surface area contributed by atoms with Crippen molar-refractivity contribution in [1.29, 1.82) is 0 Å². The highest BCUT2D eigenvalue weighted by atomic mass is 31.2. The maximum Gasteiger partial charge on any atom is 0.306 e. The zero-order chi connectivity index (χ0) is 49.4. The van der Waals surface area contributed by atoms with Crippen LogP contribution in [-0.4, -0.2) is 69.4 Å². The minimum atomic E-state index is -4.69. The first-order valence-electron chi connectivity index (χ1n) is 28.0. The first kappa shape index (κ1) is 65.0. The van der Waals surface area contributed by atoms with E-state index in [-0.39, 0.29) is 31.5 Å². The number of likely N-dealkylation sites (N-methyl/N-ethyl adjacent to an activating group) is 1. The van der Waals surface area contributed by atoms with Gasteiger partial charge in [-0.15, -0.1) is 0 Å². The largest absolute Gasteiger partial charge is 0.756 e. The van der Waals surface area contributed by atoms with E-state index in [0.717, 1.165) is 77.0 Å². The predicted molar refractivity (Wildman–Crippen MR) is 284 cm³/mol. The number of quaternary nitrogens is 1. The standard InChI is InChI=1S/C57H107N2O7P/c1-7-10-13-16-19-22-25-28-29-32-35-38-41-44-47-50-57(61)66-55(48-45-42-39-36-33-30-26-23-20-17-14-11-8-2)54(53-65-67(62,63)64-52-51-59(4,5)6)58-56(60)49-46-43-40-37-34-31-27-24-21-18-15-12-9-3/h10,13,16,19,22,25,45,48,54-55H,7-9,11-12,14-15,17-18,20-21,23-24,26-44,46-47,49-53H2,1-6H3,(H-,58,60,62,63)/b13-10+,19-16+,25-22+,48-45+. The molecule has 0 aliphatic heterocycles. The maximum atomic E-state index is 13.4. The van der Waals surface area contributed by atoms with Crippen LogP contribution in [0.3, 0.4) is 0 Å². The van der Waals surface area contributed by atoms with E-state index in [4.69, 9.17) is 13.8 Å². The van der Waals surface area contributed by atoms with Crippen molar-refractivity contribution < 1.29 is 37.3 Å². The van der Waals surface area contributed by atoms with Gasteiger partial charge in [0.05, 0.1) is 33.8 Å². The molecule has 3 unspecified atom stereocenters. The van der Waals surface area contributed by atoms with Crippen molar-refractivity contribution in [1.82, 2.24) is 5.32 Å². The number of phosphoric ester groups is 1. The zero-order valence-corrected chi connectivity index (χ0v) is 45.5. The van der Waals surface area contributed by atoms with E-state index in [0.29, 0.717) is 17.4 Å². The molecule has 0 spiro atoms. The Labute approximate surface area is 414 Å². The Morgan fingerprint density at radius 1 is 0.537 bits per heavy atom. The molecule has 0 heterocycles. The fourth-order valence-electron chi connectivity index (χ4n) is 7.99. The Morgan fingerprint density at radius 3 is 1.42 bits per heavy atom. The Bertz CT molecular complexity index is 1290. The van der Waals surface area contributed by atoms with Crippen LogP contribution >= 0.6 is 7.82 Å². The lowest BCUT2D eigenvalue weighted by molar-refractivity contribution is -0.870. The van der Waals surface area contributed by atoms with E-state index in [1.54, 1.807) is 0 Å². The van der Waals surface area contributed by atoms with Crippen molar-refractivity contribution in [3.05, 3.63) is 48.6 Å². The highest BCUT2D eigenvalue weighted by Gasteiger charge is 2.27. The molecule has 67 heavy (non-hydrogen) atoms. The molecule has 3 atom stereocenters. The van der Waals surface area contributed by atoms with Crippen LogP contribution in [0.5, 0.6) is 0 Å². The van der Waals surface area contributed by atoms with Crippen molar-refractivity contribution in [2.45, 2.75) is 264 Å². The number of hydrogen-bond acceptors (Lipinski definition) is 7. The fourth-order valence-corrected chi connectivity index (χ4v) is 8.72. The lowest BCUT2D eigenvalue weighted by atomic mass is 10.0. The lowest BCUT2D eigenvalue weighted by Crippen LogP contribution is -2.47. The molecular formula is C57H107N2O7P. The number of carbonyl (C=O) groups is 2. The lowest BCUT2D eigenvalue weighted by Gasteiger charge is -2.30. The molecule has 10 heteroatoms. The molecule has 1 amide bonds. The van der Waals surface area contributed by atoms with Gasteiger partial charge in [-0.05, 0) is 51.0 Å². The third-order valence-electron chi connectivity index (χ3n) is 12.3. The Morgan fingerprint density at radius 2 is 0.955 bits per heavy atom. The molecule has 392 valence electrons. The summed E-state index contributed by atoms with van der Waals surface area (Å²) in [5.41, 5.74) is 0. The van der Waals surface area contributed by atoms with Crippen LogP contribution in [-0.2, 0) is 27.9 Å². The average Bonchev–Trinajstić information content (AvgIpc) is 3.28. The number of nitrogens with zero attached hydrogens (tertiary/aromatic N) is 1. The number of ether oxygens (including phenoxy) is 1. The molecule has 0 saturated carbocycles. The molecular weight excluding hydrogens is 856 g/mol. The molecule has 1 N–H and O–H groups in total. The highest BCUT2D eigenvalue weighted by Crippen LogP contribution is 2.38. The highest BCUT2D eigenvalue weighted by molar-refractivity contribution is 7.45. The smallest absolute Gasteiger partial charge is 0.306 e. The fraction of sp³-hybridized carbons (Fsp3) is 0.825. The summed E-state index contributed by atoms with van der Waals surface area (Å²) in [6.07, 6.45) is 56.4. The van der Waals surface area contributed by atoms with Crippen LogP contribution in [0.1, 0.15) is 252 Å². The van der Waals surface area contributed by atoms with Gasteiger partial charge in [0.25, 0.3) is 7.82 Å². The molecule has 0 saturated heterocycles. The van der Waals surface area contributed by atoms with Gasteiger partial charge in [-0.3, -0.25) is 14.2 Å². The molecule has 9 nitrogen and oxygen atoms in total. The topological polar surface area (TPSA) is 114 Å². The van der Waals surface area contributed by atoms with Crippen LogP contribution in [0.4, 0.5) is 0 Å². The number of esters is 1. The van der Waals surface area contributed by atoms with Crippen LogP contribution in [0.25, 0.3) is 0 Å². The molecule has 0 radical (unpaired) electrons. The molecule has 0 aromatic rings. The molecule has 0 aliphatic rings. The van der Waals surface area contributed by atoms with Gasteiger partial charge in [0.15, 0.2) is 0 Å². The van der Waals surface area contributed by atoms with E-state index >= 15 is 0 Å². The SMILES string of the molecule is CC/C=C/C=C/C=C/CCCCCCCCCC(=O)OC(/C=C/CCCCCCCCCCCCC)C(COP(=O)([O-])OCC[N+](C)(C)C)NC(=O)CCCCCCCCCCCCCCC. The summed E-state index contributed by atoms with van der Waals surface area (Å²) >= 11 is 0. The molecule has 0 aromatic carbocycles. The molecule has 0 bridgehead atoms.